The van der Waals surface area contributed by atoms with Crippen LogP contribution in [-0.4, -0.2) is 25.7 Å². The van der Waals surface area contributed by atoms with Crippen molar-refractivity contribution >= 4 is 17.2 Å². The summed E-state index contributed by atoms with van der Waals surface area (Å²) in [5, 5.41) is 17.7. The highest BCUT2D eigenvalue weighted by Crippen LogP contribution is 2.09. The number of hydrogen-bond acceptors (Lipinski definition) is 5. The maximum atomic E-state index is 12.6. The fraction of sp³-hybridized carbons (Fsp3) is 0.0500. The minimum Gasteiger partial charge on any atom is -0.266 e. The van der Waals surface area contributed by atoms with Crippen molar-refractivity contribution in [3.05, 3.63) is 94.2 Å². The third-order valence-electron chi connectivity index (χ3n) is 4.09. The van der Waals surface area contributed by atoms with Gasteiger partial charge in [0.1, 0.15) is 11.7 Å². The first kappa shape index (κ1) is 16.4. The molecule has 0 spiro atoms. The van der Waals surface area contributed by atoms with Gasteiger partial charge in [-0.15, -0.1) is 0 Å². The second kappa shape index (κ2) is 7.06. The van der Waals surface area contributed by atoms with Gasteiger partial charge in [0.2, 0.25) is 0 Å². The van der Waals surface area contributed by atoms with Gasteiger partial charge >= 0.3 is 0 Å². The number of nitrogens with zero attached hydrogens (tertiary/aromatic N) is 6. The van der Waals surface area contributed by atoms with Gasteiger partial charge < -0.3 is 0 Å². The van der Waals surface area contributed by atoms with E-state index >= 15 is 0 Å². The van der Waals surface area contributed by atoms with E-state index in [0.29, 0.717) is 23.1 Å². The Morgan fingerprint density at radius 1 is 1.11 bits per heavy atom. The van der Waals surface area contributed by atoms with Crippen LogP contribution in [0.3, 0.4) is 0 Å². The standard InChI is InChI=1S/C20H14N6O/c21-10-15-6-8-16(9-7-15)11-23-26-14-22-19-18(20(26)27)12-24-25(19)13-17-4-2-1-3-5-17/h1-9,11-12,14H,13H2/b23-11+. The number of hydrogen-bond donors (Lipinski definition) is 0. The topological polar surface area (TPSA) is 88.9 Å². The third kappa shape index (κ3) is 3.37. The molecule has 0 amide bonds. The highest BCUT2D eigenvalue weighted by atomic mass is 16.1. The Morgan fingerprint density at radius 2 is 1.89 bits per heavy atom. The van der Waals surface area contributed by atoms with Gasteiger partial charge in [-0.3, -0.25) is 4.79 Å². The van der Waals surface area contributed by atoms with Crippen molar-refractivity contribution < 1.29 is 0 Å². The van der Waals surface area contributed by atoms with E-state index in [4.69, 9.17) is 5.26 Å². The van der Waals surface area contributed by atoms with Crippen LogP contribution >= 0.6 is 0 Å². The van der Waals surface area contributed by atoms with Gasteiger partial charge in [-0.05, 0) is 23.3 Å². The number of nitriles is 1. The Labute approximate surface area is 154 Å². The molecule has 4 aromatic rings. The quantitative estimate of drug-likeness (QED) is 0.526. The first-order chi connectivity index (χ1) is 13.2. The molecule has 0 atom stereocenters. The van der Waals surface area contributed by atoms with E-state index < -0.39 is 0 Å². The van der Waals surface area contributed by atoms with Crippen molar-refractivity contribution in [2.45, 2.75) is 6.54 Å². The highest BCUT2D eigenvalue weighted by molar-refractivity contribution is 5.80. The Bertz CT molecular complexity index is 1210. The lowest BCUT2D eigenvalue weighted by Gasteiger charge is -2.03. The van der Waals surface area contributed by atoms with E-state index in [1.165, 1.54) is 17.2 Å². The van der Waals surface area contributed by atoms with E-state index in [9.17, 15) is 4.79 Å². The van der Waals surface area contributed by atoms with Gasteiger partial charge in [-0.1, -0.05) is 42.5 Å². The molecule has 27 heavy (non-hydrogen) atoms. The summed E-state index contributed by atoms with van der Waals surface area (Å²) in [5.41, 5.74) is 2.66. The summed E-state index contributed by atoms with van der Waals surface area (Å²) in [6.45, 7) is 0.537. The highest BCUT2D eigenvalue weighted by Gasteiger charge is 2.10. The largest absolute Gasteiger partial charge is 0.285 e. The van der Waals surface area contributed by atoms with Crippen LogP contribution in [0.15, 0.2) is 77.0 Å². The summed E-state index contributed by atoms with van der Waals surface area (Å²) in [7, 11) is 0. The molecule has 7 heteroatoms. The van der Waals surface area contributed by atoms with Crippen LogP contribution in [0.2, 0.25) is 0 Å². The molecule has 7 nitrogen and oxygen atoms in total. The SMILES string of the molecule is N#Cc1ccc(/C=N/n2cnc3c(cnn3Cc3ccccc3)c2=O)cc1. The first-order valence-corrected chi connectivity index (χ1v) is 8.26. The number of rotatable bonds is 4. The van der Waals surface area contributed by atoms with E-state index in [0.717, 1.165) is 11.1 Å². The number of aromatic nitrogens is 4. The van der Waals surface area contributed by atoms with Gasteiger partial charge in [-0.2, -0.15) is 20.1 Å². The fourth-order valence-corrected chi connectivity index (χ4v) is 2.68. The molecule has 2 aromatic carbocycles. The molecule has 0 N–H and O–H groups in total. The smallest absolute Gasteiger partial charge is 0.266 e. The number of fused-ring (bicyclic) bond motifs is 1. The minimum absolute atomic E-state index is 0.288. The van der Waals surface area contributed by atoms with Crippen LogP contribution in [0.5, 0.6) is 0 Å². The molecule has 130 valence electrons. The molecule has 0 unspecified atom stereocenters. The van der Waals surface area contributed by atoms with E-state index in [2.05, 4.69) is 21.3 Å². The predicted molar refractivity (Wildman–Crippen MR) is 101 cm³/mol. The average molecular weight is 354 g/mol. The molecular formula is C20H14N6O. The van der Waals surface area contributed by atoms with E-state index in [-0.39, 0.29) is 5.56 Å². The molecule has 0 aliphatic carbocycles. The van der Waals surface area contributed by atoms with Gasteiger partial charge in [0.25, 0.3) is 5.56 Å². The van der Waals surface area contributed by atoms with Crippen molar-refractivity contribution in [1.29, 1.82) is 5.26 Å². The van der Waals surface area contributed by atoms with Crippen molar-refractivity contribution in [2.24, 2.45) is 5.10 Å². The third-order valence-corrected chi connectivity index (χ3v) is 4.09. The summed E-state index contributed by atoms with van der Waals surface area (Å²) in [6.07, 6.45) is 4.44. The first-order valence-electron chi connectivity index (χ1n) is 8.26. The molecule has 0 saturated heterocycles. The monoisotopic (exact) mass is 354 g/mol. The van der Waals surface area contributed by atoms with Crippen molar-refractivity contribution in [1.82, 2.24) is 19.4 Å². The molecule has 4 rings (SSSR count). The van der Waals surface area contributed by atoms with Crippen LogP contribution in [0.25, 0.3) is 11.0 Å². The summed E-state index contributed by atoms with van der Waals surface area (Å²) < 4.78 is 2.87. The van der Waals surface area contributed by atoms with Gasteiger partial charge in [0.15, 0.2) is 5.65 Å². The van der Waals surface area contributed by atoms with Gasteiger partial charge in [0, 0.05) is 0 Å². The molecule has 0 aliphatic rings. The van der Waals surface area contributed by atoms with Crippen LogP contribution in [-0.2, 0) is 6.54 Å². The molecular weight excluding hydrogens is 340 g/mol. The molecule has 0 bridgehead atoms. The maximum Gasteiger partial charge on any atom is 0.285 e. The maximum absolute atomic E-state index is 12.6. The zero-order chi connectivity index (χ0) is 18.6. The molecule has 0 radical (unpaired) electrons. The lowest BCUT2D eigenvalue weighted by molar-refractivity contribution is 0.700. The van der Waals surface area contributed by atoms with Gasteiger partial charge in [0.05, 0.1) is 30.6 Å². The minimum atomic E-state index is -0.288. The summed E-state index contributed by atoms with van der Waals surface area (Å²) >= 11 is 0. The zero-order valence-corrected chi connectivity index (χ0v) is 14.2. The molecule has 0 aliphatic heterocycles. The van der Waals surface area contributed by atoms with Crippen LogP contribution in [0.1, 0.15) is 16.7 Å². The van der Waals surface area contributed by atoms with E-state index in [1.54, 1.807) is 35.2 Å². The Balaban J connectivity index is 1.63. The second-order valence-corrected chi connectivity index (χ2v) is 5.90. The molecule has 0 fully saturated rings. The molecule has 2 aromatic heterocycles. The Kier molecular flexibility index (Phi) is 4.29. The lowest BCUT2D eigenvalue weighted by Crippen LogP contribution is -2.17. The van der Waals surface area contributed by atoms with Crippen molar-refractivity contribution in [3.63, 3.8) is 0 Å². The normalized spacial score (nSPS) is 11.1. The van der Waals surface area contributed by atoms with Crippen molar-refractivity contribution in [2.75, 3.05) is 0 Å². The van der Waals surface area contributed by atoms with Crippen molar-refractivity contribution in [3.8, 4) is 6.07 Å². The van der Waals surface area contributed by atoms with Gasteiger partial charge in [-0.25, -0.2) is 9.67 Å². The second-order valence-electron chi connectivity index (χ2n) is 5.90. The average Bonchev–Trinajstić information content (AvgIpc) is 3.12. The predicted octanol–water partition coefficient (Wildman–Crippen LogP) is 2.40. The number of benzene rings is 2. The lowest BCUT2D eigenvalue weighted by atomic mass is 10.2. The summed E-state index contributed by atoms with van der Waals surface area (Å²) in [4.78, 5) is 17.0. The Hall–Kier alpha value is -4.05. The molecule has 2 heterocycles. The van der Waals surface area contributed by atoms with E-state index in [1.807, 2.05) is 30.3 Å². The fourth-order valence-electron chi connectivity index (χ4n) is 2.68. The molecule has 0 saturated carbocycles. The zero-order valence-electron chi connectivity index (χ0n) is 14.2. The Morgan fingerprint density at radius 3 is 2.63 bits per heavy atom. The van der Waals surface area contributed by atoms with Crippen LogP contribution < -0.4 is 5.56 Å². The summed E-state index contributed by atoms with van der Waals surface area (Å²) in [5.74, 6) is 0. The van der Waals surface area contributed by atoms with Crippen LogP contribution in [0, 0.1) is 11.3 Å². The van der Waals surface area contributed by atoms with Crippen LogP contribution in [0.4, 0.5) is 0 Å². The summed E-state index contributed by atoms with van der Waals surface area (Å²) in [6, 6.07) is 18.8.